The molecule has 0 saturated carbocycles. The van der Waals surface area contributed by atoms with E-state index in [1.54, 1.807) is 36.4 Å². The third-order valence-corrected chi connectivity index (χ3v) is 8.53. The summed E-state index contributed by atoms with van der Waals surface area (Å²) in [5.74, 6) is 1.50. The molecule has 0 aliphatic rings. The van der Waals surface area contributed by atoms with Crippen LogP contribution in [0, 0.1) is 0 Å². The van der Waals surface area contributed by atoms with Gasteiger partial charge in [-0.05, 0) is 75.2 Å². The first-order valence-corrected chi connectivity index (χ1v) is 14.9. The van der Waals surface area contributed by atoms with Crippen LogP contribution in [-0.2, 0) is 23.0 Å². The Bertz CT molecular complexity index is 1500. The highest BCUT2D eigenvalue weighted by Crippen LogP contribution is 2.31. The van der Waals surface area contributed by atoms with Crippen LogP contribution >= 0.6 is 23.2 Å². The third-order valence-electron chi connectivity index (χ3n) is 6.36. The van der Waals surface area contributed by atoms with Crippen LogP contribution in [0.5, 0.6) is 5.75 Å². The van der Waals surface area contributed by atoms with Gasteiger partial charge in [-0.2, -0.15) is 5.10 Å². The molecule has 10 heteroatoms. The molecular formula is C28H32Cl2N4O3S. The highest BCUT2D eigenvalue weighted by Gasteiger charge is 2.21. The number of benzene rings is 3. The fraction of sp³-hybridized carbons (Fsp3) is 0.321. The van der Waals surface area contributed by atoms with E-state index in [1.807, 2.05) is 49.7 Å². The average molecular weight is 576 g/mol. The maximum Gasteiger partial charge on any atom is 0.240 e. The van der Waals surface area contributed by atoms with Crippen molar-refractivity contribution in [1.29, 1.82) is 0 Å². The van der Waals surface area contributed by atoms with Crippen LogP contribution in [0.1, 0.15) is 31.9 Å². The number of aromatic nitrogens is 2. The first-order chi connectivity index (χ1) is 18.3. The number of halogens is 2. The summed E-state index contributed by atoms with van der Waals surface area (Å²) >= 11 is 12.9. The van der Waals surface area contributed by atoms with Crippen molar-refractivity contribution in [2.24, 2.45) is 0 Å². The van der Waals surface area contributed by atoms with E-state index in [1.165, 1.54) is 0 Å². The summed E-state index contributed by atoms with van der Waals surface area (Å²) in [5, 5.41) is 6.72. The van der Waals surface area contributed by atoms with Crippen LogP contribution < -0.4 is 14.4 Å². The monoisotopic (exact) mass is 574 g/mol. The van der Waals surface area contributed by atoms with Crippen molar-refractivity contribution in [3.63, 3.8) is 0 Å². The molecule has 3 aromatic carbocycles. The molecule has 38 heavy (non-hydrogen) atoms. The van der Waals surface area contributed by atoms with Crippen molar-refractivity contribution < 1.29 is 13.2 Å². The Kier molecular flexibility index (Phi) is 9.20. The lowest BCUT2D eigenvalue weighted by atomic mass is 10.1. The first-order valence-electron chi connectivity index (χ1n) is 12.7. The first kappa shape index (κ1) is 28.2. The fourth-order valence-corrected chi connectivity index (χ4v) is 5.96. The van der Waals surface area contributed by atoms with Gasteiger partial charge in [0.05, 0.1) is 23.6 Å². The van der Waals surface area contributed by atoms with Crippen LogP contribution in [0.4, 0.5) is 5.82 Å². The van der Waals surface area contributed by atoms with Gasteiger partial charge in [0.2, 0.25) is 10.0 Å². The van der Waals surface area contributed by atoms with E-state index in [0.29, 0.717) is 29.6 Å². The van der Waals surface area contributed by atoms with E-state index in [4.69, 9.17) is 33.0 Å². The van der Waals surface area contributed by atoms with E-state index in [9.17, 15) is 8.42 Å². The van der Waals surface area contributed by atoms with Crippen molar-refractivity contribution in [3.05, 3.63) is 81.8 Å². The molecular weight excluding hydrogens is 543 g/mol. The Morgan fingerprint density at radius 1 is 0.974 bits per heavy atom. The number of anilines is 1. The van der Waals surface area contributed by atoms with Crippen molar-refractivity contribution in [2.75, 3.05) is 31.1 Å². The van der Waals surface area contributed by atoms with Crippen LogP contribution in [0.25, 0.3) is 10.9 Å². The van der Waals surface area contributed by atoms with Crippen molar-refractivity contribution in [2.45, 2.75) is 38.6 Å². The summed E-state index contributed by atoms with van der Waals surface area (Å²) in [6.45, 7) is 8.68. The van der Waals surface area contributed by atoms with E-state index >= 15 is 0 Å². The molecule has 202 valence electrons. The van der Waals surface area contributed by atoms with E-state index in [0.717, 1.165) is 46.7 Å². The van der Waals surface area contributed by atoms with E-state index < -0.39 is 10.0 Å². The molecule has 0 amide bonds. The summed E-state index contributed by atoms with van der Waals surface area (Å²) in [4.78, 5) is 2.29. The minimum Gasteiger partial charge on any atom is -0.494 e. The standard InChI is InChI=1S/C28H32Cl2N4O3S/c1-4-33(5-2)28-23-18-22(38(35,36)31-16-15-20-9-7-10-21(17-20)37-6-3)13-14-27(23)34(32-28)19-24-25(29)11-8-12-26(24)30/h7-14,17-18,31H,4-6,15-16,19H2,1-3H3. The quantitative estimate of drug-likeness (QED) is 0.219. The number of rotatable bonds is 12. The van der Waals surface area contributed by atoms with E-state index in [-0.39, 0.29) is 11.4 Å². The molecule has 1 aromatic heterocycles. The van der Waals surface area contributed by atoms with Gasteiger partial charge in [-0.15, -0.1) is 0 Å². The van der Waals surface area contributed by atoms with Crippen LogP contribution in [0.15, 0.2) is 65.6 Å². The highest BCUT2D eigenvalue weighted by molar-refractivity contribution is 7.89. The predicted molar refractivity (Wildman–Crippen MR) is 155 cm³/mol. The van der Waals surface area contributed by atoms with Gasteiger partial charge >= 0.3 is 0 Å². The summed E-state index contributed by atoms with van der Waals surface area (Å²) < 4.78 is 36.6. The number of hydrogen-bond acceptors (Lipinski definition) is 5. The predicted octanol–water partition coefficient (Wildman–Crippen LogP) is 6.16. The molecule has 7 nitrogen and oxygen atoms in total. The maximum absolute atomic E-state index is 13.2. The highest BCUT2D eigenvalue weighted by atomic mass is 35.5. The van der Waals surface area contributed by atoms with Crippen molar-refractivity contribution in [3.8, 4) is 5.75 Å². The Labute approximate surface area is 234 Å². The lowest BCUT2D eigenvalue weighted by molar-refractivity contribution is 0.340. The van der Waals surface area contributed by atoms with E-state index in [2.05, 4.69) is 9.62 Å². The Morgan fingerprint density at radius 2 is 1.68 bits per heavy atom. The molecule has 0 saturated heterocycles. The number of hydrogen-bond donors (Lipinski definition) is 1. The second-order valence-electron chi connectivity index (χ2n) is 8.76. The van der Waals surface area contributed by atoms with Gasteiger partial charge in [0, 0.05) is 40.6 Å². The SMILES string of the molecule is CCOc1cccc(CCNS(=O)(=O)c2ccc3c(c2)c(N(CC)CC)nn3Cc2c(Cl)cccc2Cl)c1. The number of sulfonamides is 1. The zero-order valence-electron chi connectivity index (χ0n) is 21.7. The van der Waals surface area contributed by atoms with Gasteiger partial charge in [-0.3, -0.25) is 4.68 Å². The molecule has 0 fully saturated rings. The summed E-state index contributed by atoms with van der Waals surface area (Å²) in [5.41, 5.74) is 2.56. The smallest absolute Gasteiger partial charge is 0.240 e. The summed E-state index contributed by atoms with van der Waals surface area (Å²) in [7, 11) is -3.74. The second kappa shape index (κ2) is 12.4. The van der Waals surface area contributed by atoms with Gasteiger partial charge < -0.3 is 9.64 Å². The topological polar surface area (TPSA) is 76.5 Å². The number of ether oxygens (including phenoxy) is 1. The molecule has 0 aliphatic heterocycles. The van der Waals surface area contributed by atoms with Crippen molar-refractivity contribution >= 4 is 49.9 Å². The van der Waals surface area contributed by atoms with Gasteiger partial charge in [0.1, 0.15) is 5.75 Å². The zero-order chi connectivity index (χ0) is 27.3. The molecule has 0 unspecified atom stereocenters. The van der Waals surface area contributed by atoms with Crippen LogP contribution in [0.2, 0.25) is 10.0 Å². The summed E-state index contributed by atoms with van der Waals surface area (Å²) in [6, 6.07) is 18.2. The minimum absolute atomic E-state index is 0.191. The second-order valence-corrected chi connectivity index (χ2v) is 11.3. The molecule has 0 atom stereocenters. The van der Waals surface area contributed by atoms with Gasteiger partial charge in [-0.25, -0.2) is 13.1 Å². The van der Waals surface area contributed by atoms with Gasteiger partial charge in [-0.1, -0.05) is 41.4 Å². The number of nitrogens with one attached hydrogen (secondary N) is 1. The molecule has 0 bridgehead atoms. The number of nitrogens with zero attached hydrogens (tertiary/aromatic N) is 3. The Morgan fingerprint density at radius 3 is 2.37 bits per heavy atom. The molecule has 0 spiro atoms. The normalized spacial score (nSPS) is 11.7. The molecule has 1 heterocycles. The van der Waals surface area contributed by atoms with Gasteiger partial charge in [0.25, 0.3) is 0 Å². The molecule has 1 N–H and O–H groups in total. The maximum atomic E-state index is 13.2. The largest absolute Gasteiger partial charge is 0.494 e. The zero-order valence-corrected chi connectivity index (χ0v) is 24.1. The lowest BCUT2D eigenvalue weighted by Gasteiger charge is -2.18. The van der Waals surface area contributed by atoms with Gasteiger partial charge in [0.15, 0.2) is 5.82 Å². The lowest BCUT2D eigenvalue weighted by Crippen LogP contribution is -2.26. The third kappa shape index (κ3) is 6.26. The van der Waals surface area contributed by atoms with Crippen molar-refractivity contribution in [1.82, 2.24) is 14.5 Å². The molecule has 0 aliphatic carbocycles. The minimum atomic E-state index is -3.74. The summed E-state index contributed by atoms with van der Waals surface area (Å²) in [6.07, 6.45) is 0.545. The van der Waals surface area contributed by atoms with Crippen LogP contribution in [-0.4, -0.2) is 44.4 Å². The number of fused-ring (bicyclic) bond motifs is 1. The molecule has 4 aromatic rings. The Balaban J connectivity index is 1.63. The Hall–Kier alpha value is -2.78. The van der Waals surface area contributed by atoms with Crippen LogP contribution in [0.3, 0.4) is 0 Å². The fourth-order valence-electron chi connectivity index (χ4n) is 4.39. The average Bonchev–Trinajstić information content (AvgIpc) is 3.25. The molecule has 0 radical (unpaired) electrons. The molecule has 4 rings (SSSR count).